The zero-order valence-corrected chi connectivity index (χ0v) is 35.7. The molecule has 0 bridgehead atoms. The summed E-state index contributed by atoms with van der Waals surface area (Å²) in [6.07, 6.45) is -2.40. The highest BCUT2D eigenvalue weighted by Crippen LogP contribution is 2.68. The first kappa shape index (κ1) is 43.7. The van der Waals surface area contributed by atoms with Gasteiger partial charge in [0.1, 0.15) is 41.6 Å². The fraction of sp³-hybridized carbons (Fsp3) is 0.450. The molecule has 1 aromatic carbocycles. The minimum Gasteiger partial charge on any atom is -0.372 e. The van der Waals surface area contributed by atoms with Gasteiger partial charge in [0.15, 0.2) is 17.2 Å². The second-order valence-electron chi connectivity index (χ2n) is 16.7. The summed E-state index contributed by atoms with van der Waals surface area (Å²) in [5, 5.41) is 11.8. The predicted octanol–water partition coefficient (Wildman–Crippen LogP) is 4.99. The van der Waals surface area contributed by atoms with Gasteiger partial charge in [-0.1, -0.05) is 17.7 Å². The molecule has 64 heavy (non-hydrogen) atoms. The number of halogens is 8. The molecule has 3 aliphatic carbocycles. The lowest BCUT2D eigenvalue weighted by Gasteiger charge is -2.36. The van der Waals surface area contributed by atoms with Crippen LogP contribution in [0.3, 0.4) is 0 Å². The van der Waals surface area contributed by atoms with E-state index in [2.05, 4.69) is 20.2 Å². The van der Waals surface area contributed by atoms with Crippen molar-refractivity contribution in [2.45, 2.75) is 81.6 Å². The Morgan fingerprint density at radius 1 is 1.08 bits per heavy atom. The van der Waals surface area contributed by atoms with Gasteiger partial charge in [0.2, 0.25) is 15.9 Å². The number of rotatable bonds is 9. The summed E-state index contributed by atoms with van der Waals surface area (Å²) < 4.78 is 138. The van der Waals surface area contributed by atoms with Crippen molar-refractivity contribution in [3.8, 4) is 0 Å². The van der Waals surface area contributed by atoms with Gasteiger partial charge in [0.05, 0.1) is 35.9 Å². The Hall–Kier alpha value is -5.55. The number of amidine groups is 1. The van der Waals surface area contributed by atoms with Crippen LogP contribution in [0.15, 0.2) is 63.0 Å². The van der Waals surface area contributed by atoms with E-state index < -0.39 is 105 Å². The van der Waals surface area contributed by atoms with E-state index >= 15 is 13.6 Å². The second-order valence-corrected chi connectivity index (χ2v) is 18.9. The monoisotopic (exact) mass is 938 g/mol. The summed E-state index contributed by atoms with van der Waals surface area (Å²) in [4.78, 5) is 40.7. The molecule has 15 nitrogen and oxygen atoms in total. The number of anilines is 1. The van der Waals surface area contributed by atoms with Gasteiger partial charge in [-0.2, -0.15) is 32.2 Å². The van der Waals surface area contributed by atoms with Gasteiger partial charge < -0.3 is 15.0 Å². The SMILES string of the molecule is C[C@@H]1CN(c2ccc3c(=O)n(C4C=CC(Cl)=C5C(NS(C)(=O)=O)=NN(C)C54)c([C@H](Cc4cc(F)cc(F)c4)NC(=O)Cn4nc(C(F)(F)F)c5c4C(F)(F)[C@@H]4C[C@H]54)nc3n2)C[C@H](C)O1. The van der Waals surface area contributed by atoms with E-state index in [1.165, 1.54) is 30.3 Å². The van der Waals surface area contributed by atoms with Gasteiger partial charge >= 0.3 is 6.18 Å². The van der Waals surface area contributed by atoms with Crippen LogP contribution in [-0.4, -0.2) is 94.1 Å². The Bertz CT molecular complexity index is 2870. The molecule has 1 saturated heterocycles. The molecule has 7 atom stereocenters. The highest BCUT2D eigenvalue weighted by atomic mass is 35.5. The molecular weight excluding hydrogens is 901 g/mol. The molecule has 1 saturated carbocycles. The largest absolute Gasteiger partial charge is 0.435 e. The van der Waals surface area contributed by atoms with E-state index in [-0.39, 0.29) is 57.5 Å². The smallest absolute Gasteiger partial charge is 0.372 e. The normalized spacial score (nSPS) is 25.3. The summed E-state index contributed by atoms with van der Waals surface area (Å²) in [6, 6.07) is 1.85. The maximum atomic E-state index is 15.6. The number of alkyl halides is 5. The number of aromatic nitrogens is 5. The number of benzene rings is 1. The molecule has 0 spiro atoms. The van der Waals surface area contributed by atoms with E-state index in [0.717, 1.165) is 23.0 Å². The number of likely N-dealkylation sites (N-methyl/N-ethyl adjacent to an activating group) is 1. The van der Waals surface area contributed by atoms with Crippen molar-refractivity contribution >= 4 is 50.2 Å². The molecule has 24 heteroatoms. The minimum atomic E-state index is -5.12. The van der Waals surface area contributed by atoms with Crippen LogP contribution in [0.4, 0.5) is 36.6 Å². The molecule has 4 aromatic rings. The van der Waals surface area contributed by atoms with Crippen LogP contribution in [0.2, 0.25) is 0 Å². The highest BCUT2D eigenvalue weighted by Gasteiger charge is 2.68. The topological polar surface area (TPSA) is 169 Å². The minimum absolute atomic E-state index is 0.0250. The fourth-order valence-electron chi connectivity index (χ4n) is 9.41. The standard InChI is InChI=1S/C40H38ClF7N10O5S/c1-17-14-56(15-18(2)63-17)28-8-5-22-35(50-28)51-37(58(38(22)60)27-7-6-25(41)31-32(27)55(3)53-36(31)54-64(4,61)62)26(11-19-9-20(42)12-21(43)10-19)49-29(59)16-57-34-30(33(52-57)40(46,47)48)23-13-24(23)39(34,44)45/h5-10,12,17-18,23-24,26-27,32H,11,13-16H2,1-4H3,(H,49,59)(H,53,54)/t17-,18+,23-,24+,26-,27?,32?/m0/s1. The number of carbonyl (C=O) groups excluding carboxylic acids is 1. The molecule has 2 unspecified atom stereocenters. The number of amides is 1. The van der Waals surface area contributed by atoms with Crippen LogP contribution in [0.1, 0.15) is 66.6 Å². The maximum absolute atomic E-state index is 15.6. The number of pyridine rings is 1. The Labute approximate surface area is 364 Å². The number of fused-ring (bicyclic) bond motifs is 5. The number of hydrogen-bond donors (Lipinski definition) is 2. The molecule has 5 aliphatic rings. The van der Waals surface area contributed by atoms with Crippen molar-refractivity contribution in [2.24, 2.45) is 11.0 Å². The fourth-order valence-corrected chi connectivity index (χ4v) is 10.2. The van der Waals surface area contributed by atoms with Crippen LogP contribution in [-0.2, 0) is 44.6 Å². The quantitative estimate of drug-likeness (QED) is 0.218. The van der Waals surface area contributed by atoms with Crippen molar-refractivity contribution in [1.82, 2.24) is 39.4 Å². The summed E-state index contributed by atoms with van der Waals surface area (Å²) in [7, 11) is -2.43. The molecule has 1 amide bonds. The van der Waals surface area contributed by atoms with Gasteiger partial charge in [-0.3, -0.25) is 28.6 Å². The third-order valence-electron chi connectivity index (χ3n) is 11.8. The lowest BCUT2D eigenvalue weighted by Crippen LogP contribution is -2.46. The van der Waals surface area contributed by atoms with Crippen LogP contribution in [0.25, 0.3) is 11.0 Å². The average Bonchev–Trinajstić information content (AvgIpc) is 3.71. The molecule has 2 aliphatic heterocycles. The van der Waals surface area contributed by atoms with Crippen LogP contribution in [0, 0.1) is 17.6 Å². The predicted molar refractivity (Wildman–Crippen MR) is 217 cm³/mol. The molecule has 340 valence electrons. The number of carbonyl (C=O) groups is 1. The van der Waals surface area contributed by atoms with E-state index in [1.807, 2.05) is 18.7 Å². The van der Waals surface area contributed by atoms with E-state index in [4.69, 9.17) is 26.3 Å². The van der Waals surface area contributed by atoms with Gasteiger partial charge in [0.25, 0.3) is 11.5 Å². The Balaban J connectivity index is 1.20. The molecule has 9 rings (SSSR count). The molecule has 2 fully saturated rings. The van der Waals surface area contributed by atoms with Gasteiger partial charge in [-0.05, 0) is 62.1 Å². The lowest BCUT2D eigenvalue weighted by molar-refractivity contribution is -0.142. The van der Waals surface area contributed by atoms with Gasteiger partial charge in [-0.25, -0.2) is 27.2 Å². The number of morpholine rings is 1. The van der Waals surface area contributed by atoms with Crippen molar-refractivity contribution in [1.29, 1.82) is 0 Å². The van der Waals surface area contributed by atoms with Crippen LogP contribution >= 0.6 is 11.6 Å². The number of allylic oxidation sites excluding steroid dienone is 2. The summed E-state index contributed by atoms with van der Waals surface area (Å²) in [5.74, 6) is -9.42. The summed E-state index contributed by atoms with van der Waals surface area (Å²) in [5.41, 5.74) is -4.03. The highest BCUT2D eigenvalue weighted by molar-refractivity contribution is 7.89. The zero-order chi connectivity index (χ0) is 45.9. The maximum Gasteiger partial charge on any atom is 0.435 e. The Kier molecular flexibility index (Phi) is 10.4. The van der Waals surface area contributed by atoms with Crippen LogP contribution in [0.5, 0.6) is 0 Å². The van der Waals surface area contributed by atoms with Crippen molar-refractivity contribution in [3.63, 3.8) is 0 Å². The molecule has 5 heterocycles. The summed E-state index contributed by atoms with van der Waals surface area (Å²) >= 11 is 6.66. The number of sulfonamides is 1. The number of nitrogens with zero attached hydrogens (tertiary/aromatic N) is 8. The third kappa shape index (κ3) is 7.77. The molecular formula is C40H38ClF7N10O5S. The van der Waals surface area contributed by atoms with Crippen molar-refractivity contribution in [2.75, 3.05) is 31.3 Å². The van der Waals surface area contributed by atoms with Crippen molar-refractivity contribution < 1.29 is 48.7 Å². The first-order valence-electron chi connectivity index (χ1n) is 20.0. The first-order valence-corrected chi connectivity index (χ1v) is 22.3. The van der Waals surface area contributed by atoms with Crippen molar-refractivity contribution in [3.05, 3.63) is 103 Å². The zero-order valence-electron chi connectivity index (χ0n) is 34.2. The van der Waals surface area contributed by atoms with Gasteiger partial charge in [0, 0.05) is 54.7 Å². The number of nitrogens with one attached hydrogen (secondary N) is 2. The number of hydrogen-bond acceptors (Lipinski definition) is 11. The van der Waals surface area contributed by atoms with E-state index in [0.29, 0.717) is 29.7 Å². The molecule has 3 aromatic heterocycles. The first-order chi connectivity index (χ1) is 30.0. The van der Waals surface area contributed by atoms with Gasteiger partial charge in [-0.15, -0.1) is 0 Å². The Morgan fingerprint density at radius 3 is 2.42 bits per heavy atom. The number of hydrazone groups is 1. The summed E-state index contributed by atoms with van der Waals surface area (Å²) in [6.45, 7) is 3.44. The lowest BCUT2D eigenvalue weighted by atomic mass is 9.93. The Morgan fingerprint density at radius 2 is 1.77 bits per heavy atom. The average molecular weight is 939 g/mol. The van der Waals surface area contributed by atoms with E-state index in [9.17, 15) is 35.2 Å². The second kappa shape index (κ2) is 15.3. The number of ether oxygens (including phenoxy) is 1. The van der Waals surface area contributed by atoms with Crippen LogP contribution < -0.4 is 20.5 Å². The molecule has 2 N–H and O–H groups in total. The third-order valence-corrected chi connectivity index (χ3v) is 12.7. The molecule has 0 radical (unpaired) electrons. The van der Waals surface area contributed by atoms with E-state index in [1.54, 1.807) is 6.07 Å².